The first-order valence-corrected chi connectivity index (χ1v) is 5.99. The van der Waals surface area contributed by atoms with Gasteiger partial charge in [0.2, 0.25) is 0 Å². The lowest BCUT2D eigenvalue weighted by Crippen LogP contribution is -2.08. The van der Waals surface area contributed by atoms with Crippen molar-refractivity contribution in [2.45, 2.75) is 13.0 Å². The van der Waals surface area contributed by atoms with Crippen LogP contribution in [-0.4, -0.2) is 25.3 Å². The number of carbonyl (C=O) groups excluding carboxylic acids is 1. The number of hydrogen-bond acceptors (Lipinski definition) is 6. The summed E-state index contributed by atoms with van der Waals surface area (Å²) in [5.74, 6) is 0.711. The largest absolute Gasteiger partial charge is 0.493 e. The molecular weight excluding hydrogens is 262 g/mol. The molecule has 0 saturated heterocycles. The van der Waals surface area contributed by atoms with Crippen LogP contribution in [0, 0.1) is 0 Å². The van der Waals surface area contributed by atoms with Gasteiger partial charge in [0.05, 0.1) is 20.6 Å². The van der Waals surface area contributed by atoms with Crippen LogP contribution in [0.25, 0.3) is 0 Å². The van der Waals surface area contributed by atoms with Gasteiger partial charge in [-0.3, -0.25) is 4.79 Å². The third-order valence-corrected chi connectivity index (χ3v) is 2.70. The van der Waals surface area contributed by atoms with E-state index in [2.05, 4.69) is 9.89 Å². The minimum Gasteiger partial charge on any atom is -0.493 e. The molecule has 2 rings (SSSR count). The standard InChI is InChI=1S/C14H15NO5/c1-17-12-5-3-4-10(8-13(16)18-2)14(12)19-9-11-6-7-20-15-11/h3-7H,8-9H2,1-2H3. The first-order valence-electron chi connectivity index (χ1n) is 5.99. The van der Waals surface area contributed by atoms with Crippen molar-refractivity contribution >= 4 is 5.97 Å². The second-order valence-corrected chi connectivity index (χ2v) is 3.98. The smallest absolute Gasteiger partial charge is 0.310 e. The zero-order valence-corrected chi connectivity index (χ0v) is 11.3. The highest BCUT2D eigenvalue weighted by Crippen LogP contribution is 2.32. The Bertz CT molecular complexity index is 565. The molecule has 0 aliphatic carbocycles. The Morgan fingerprint density at radius 1 is 1.30 bits per heavy atom. The number of nitrogens with zero attached hydrogens (tertiary/aromatic N) is 1. The highest BCUT2D eigenvalue weighted by atomic mass is 16.5. The molecule has 1 aromatic carbocycles. The number of carbonyl (C=O) groups is 1. The Labute approximate surface area is 116 Å². The molecule has 0 unspecified atom stereocenters. The molecule has 0 spiro atoms. The number of ether oxygens (including phenoxy) is 3. The number of esters is 1. The van der Waals surface area contributed by atoms with Crippen molar-refractivity contribution in [2.24, 2.45) is 0 Å². The van der Waals surface area contributed by atoms with Gasteiger partial charge in [-0.2, -0.15) is 0 Å². The highest BCUT2D eigenvalue weighted by molar-refractivity contribution is 5.74. The van der Waals surface area contributed by atoms with Crippen molar-refractivity contribution in [3.8, 4) is 11.5 Å². The predicted molar refractivity (Wildman–Crippen MR) is 69.5 cm³/mol. The summed E-state index contributed by atoms with van der Waals surface area (Å²) in [7, 11) is 2.89. The number of rotatable bonds is 6. The van der Waals surface area contributed by atoms with E-state index in [9.17, 15) is 4.79 Å². The molecule has 0 aliphatic heterocycles. The molecule has 0 saturated carbocycles. The minimum absolute atomic E-state index is 0.113. The maximum atomic E-state index is 11.4. The summed E-state index contributed by atoms with van der Waals surface area (Å²) < 4.78 is 20.4. The zero-order chi connectivity index (χ0) is 14.4. The van der Waals surface area contributed by atoms with Gasteiger partial charge in [0.15, 0.2) is 11.5 Å². The molecule has 0 N–H and O–H groups in total. The quantitative estimate of drug-likeness (QED) is 0.752. The lowest BCUT2D eigenvalue weighted by atomic mass is 10.1. The van der Waals surface area contributed by atoms with Gasteiger partial charge in [-0.1, -0.05) is 17.3 Å². The molecule has 0 radical (unpaired) electrons. The van der Waals surface area contributed by atoms with E-state index < -0.39 is 0 Å². The van der Waals surface area contributed by atoms with E-state index in [1.165, 1.54) is 13.4 Å². The number of hydrogen-bond donors (Lipinski definition) is 0. The maximum absolute atomic E-state index is 11.4. The van der Waals surface area contributed by atoms with E-state index in [0.29, 0.717) is 22.8 Å². The van der Waals surface area contributed by atoms with Gasteiger partial charge < -0.3 is 18.7 Å². The number of para-hydroxylation sites is 1. The summed E-state index contributed by atoms with van der Waals surface area (Å²) in [6, 6.07) is 7.05. The molecule has 106 valence electrons. The van der Waals surface area contributed by atoms with Crippen LogP contribution in [0.1, 0.15) is 11.3 Å². The average Bonchev–Trinajstić information content (AvgIpc) is 2.98. The zero-order valence-electron chi connectivity index (χ0n) is 11.3. The van der Waals surface area contributed by atoms with Gasteiger partial charge in [-0.25, -0.2) is 0 Å². The molecule has 1 aromatic heterocycles. The fourth-order valence-corrected chi connectivity index (χ4v) is 1.71. The monoisotopic (exact) mass is 277 g/mol. The molecule has 6 heteroatoms. The van der Waals surface area contributed by atoms with Crippen LogP contribution in [-0.2, 0) is 22.6 Å². The Morgan fingerprint density at radius 2 is 2.15 bits per heavy atom. The third-order valence-electron chi connectivity index (χ3n) is 2.70. The van der Waals surface area contributed by atoms with Crippen LogP contribution in [0.15, 0.2) is 35.1 Å². The van der Waals surface area contributed by atoms with E-state index in [0.717, 1.165) is 0 Å². The second kappa shape index (κ2) is 6.60. The van der Waals surface area contributed by atoms with Gasteiger partial charge >= 0.3 is 5.97 Å². The molecule has 2 aromatic rings. The van der Waals surface area contributed by atoms with Crippen LogP contribution < -0.4 is 9.47 Å². The summed E-state index contributed by atoms with van der Waals surface area (Å²) in [4.78, 5) is 11.4. The molecular formula is C14H15NO5. The second-order valence-electron chi connectivity index (χ2n) is 3.98. The van der Waals surface area contributed by atoms with Crippen molar-refractivity contribution in [1.82, 2.24) is 5.16 Å². The van der Waals surface area contributed by atoms with Crippen LogP contribution in [0.2, 0.25) is 0 Å². The van der Waals surface area contributed by atoms with Gasteiger partial charge in [-0.05, 0) is 6.07 Å². The summed E-state index contributed by atoms with van der Waals surface area (Å²) in [5, 5.41) is 3.76. The van der Waals surface area contributed by atoms with Crippen molar-refractivity contribution < 1.29 is 23.5 Å². The lowest BCUT2D eigenvalue weighted by Gasteiger charge is -2.13. The first-order chi connectivity index (χ1) is 9.74. The Balaban J connectivity index is 2.20. The molecule has 1 heterocycles. The molecule has 0 bridgehead atoms. The SMILES string of the molecule is COC(=O)Cc1cccc(OC)c1OCc1ccon1. The van der Waals surface area contributed by atoms with E-state index in [-0.39, 0.29) is 19.0 Å². The number of aromatic nitrogens is 1. The molecule has 0 amide bonds. The number of benzene rings is 1. The van der Waals surface area contributed by atoms with E-state index in [4.69, 9.17) is 14.0 Å². The Hall–Kier alpha value is -2.50. The van der Waals surface area contributed by atoms with Gasteiger partial charge in [0, 0.05) is 11.6 Å². The van der Waals surface area contributed by atoms with Crippen LogP contribution in [0.5, 0.6) is 11.5 Å². The van der Waals surface area contributed by atoms with Crippen molar-refractivity contribution in [2.75, 3.05) is 14.2 Å². The van der Waals surface area contributed by atoms with E-state index in [1.54, 1.807) is 31.4 Å². The topological polar surface area (TPSA) is 70.8 Å². The minimum atomic E-state index is -0.343. The van der Waals surface area contributed by atoms with Crippen molar-refractivity contribution in [1.29, 1.82) is 0 Å². The van der Waals surface area contributed by atoms with Crippen LogP contribution in [0.4, 0.5) is 0 Å². The first kappa shape index (κ1) is 13.9. The Morgan fingerprint density at radius 3 is 2.80 bits per heavy atom. The molecule has 20 heavy (non-hydrogen) atoms. The van der Waals surface area contributed by atoms with Gasteiger partial charge in [-0.15, -0.1) is 0 Å². The molecule has 0 fully saturated rings. The van der Waals surface area contributed by atoms with Crippen molar-refractivity contribution in [3.05, 3.63) is 41.8 Å². The van der Waals surface area contributed by atoms with Gasteiger partial charge in [0.1, 0.15) is 18.6 Å². The van der Waals surface area contributed by atoms with E-state index >= 15 is 0 Å². The normalized spacial score (nSPS) is 10.1. The number of methoxy groups -OCH3 is 2. The summed E-state index contributed by atoms with van der Waals surface area (Å²) >= 11 is 0. The fourth-order valence-electron chi connectivity index (χ4n) is 1.71. The van der Waals surface area contributed by atoms with Crippen LogP contribution in [0.3, 0.4) is 0 Å². The third kappa shape index (κ3) is 3.28. The molecule has 0 aliphatic rings. The lowest BCUT2D eigenvalue weighted by molar-refractivity contribution is -0.139. The van der Waals surface area contributed by atoms with Crippen molar-refractivity contribution in [3.63, 3.8) is 0 Å². The summed E-state index contributed by atoms with van der Waals surface area (Å²) in [6.45, 7) is 0.227. The molecule has 6 nitrogen and oxygen atoms in total. The highest BCUT2D eigenvalue weighted by Gasteiger charge is 2.14. The summed E-state index contributed by atoms with van der Waals surface area (Å²) in [6.07, 6.45) is 1.58. The van der Waals surface area contributed by atoms with Crippen LogP contribution >= 0.6 is 0 Å². The predicted octanol–water partition coefficient (Wildman–Crippen LogP) is 1.98. The fraction of sp³-hybridized carbons (Fsp3) is 0.286. The maximum Gasteiger partial charge on any atom is 0.310 e. The Kier molecular flexibility index (Phi) is 4.60. The summed E-state index contributed by atoms with van der Waals surface area (Å²) in [5.41, 5.74) is 1.35. The van der Waals surface area contributed by atoms with Gasteiger partial charge in [0.25, 0.3) is 0 Å². The molecule has 0 atom stereocenters. The average molecular weight is 277 g/mol. The van der Waals surface area contributed by atoms with E-state index in [1.807, 2.05) is 0 Å².